The van der Waals surface area contributed by atoms with Gasteiger partial charge in [-0.25, -0.2) is 15.0 Å². The highest BCUT2D eigenvalue weighted by molar-refractivity contribution is 7.13. The van der Waals surface area contributed by atoms with Crippen LogP contribution in [0.25, 0.3) is 22.5 Å². The van der Waals surface area contributed by atoms with Gasteiger partial charge in [0.15, 0.2) is 10.8 Å². The van der Waals surface area contributed by atoms with Crippen molar-refractivity contribution >= 4 is 29.1 Å². The van der Waals surface area contributed by atoms with Crippen LogP contribution in [-0.4, -0.2) is 57.0 Å². The average molecular weight is 658 g/mol. The molecule has 0 radical (unpaired) electrons. The Morgan fingerprint density at radius 2 is 1.51 bits per heavy atom. The largest absolute Gasteiger partial charge is 0.494 e. The molecule has 4 rings (SSSR count). The normalized spacial score (nSPS) is 11.9. The van der Waals surface area contributed by atoms with E-state index in [9.17, 15) is 14.4 Å². The molecular formula is C36H43N5O5S. The summed E-state index contributed by atoms with van der Waals surface area (Å²) in [5, 5.41) is 14.4. The molecule has 0 fully saturated rings. The van der Waals surface area contributed by atoms with Crippen molar-refractivity contribution in [2.75, 3.05) is 13.2 Å². The highest BCUT2D eigenvalue weighted by Crippen LogP contribution is 2.28. The minimum atomic E-state index is -1.18. The highest BCUT2D eigenvalue weighted by Gasteiger charge is 2.25. The molecule has 2 aromatic heterocycles. The zero-order chi connectivity index (χ0) is 33.8. The van der Waals surface area contributed by atoms with Crippen molar-refractivity contribution in [1.29, 1.82) is 0 Å². The van der Waals surface area contributed by atoms with Crippen LogP contribution >= 0.6 is 11.3 Å². The number of hydrogen-bond donors (Lipinski definition) is 3. The van der Waals surface area contributed by atoms with Crippen LogP contribution < -0.4 is 15.4 Å². The summed E-state index contributed by atoms with van der Waals surface area (Å²) in [5.41, 5.74) is 3.25. The second-order valence-corrected chi connectivity index (χ2v) is 13.4. The fraction of sp³-hybridized carbons (Fsp3) is 0.389. The van der Waals surface area contributed by atoms with E-state index in [1.165, 1.54) is 37.0 Å². The van der Waals surface area contributed by atoms with Crippen molar-refractivity contribution < 1.29 is 24.2 Å². The maximum absolute atomic E-state index is 13.0. The van der Waals surface area contributed by atoms with E-state index in [1.807, 2.05) is 69.3 Å². The van der Waals surface area contributed by atoms with Crippen molar-refractivity contribution in [3.63, 3.8) is 0 Å². The standard InChI is InChI=1S/C36H43N5O5S/c1-5-6-7-8-9-18-46-28-16-14-25(15-17-28)27-20-37-32(38-21-27)26-12-10-24(11-13-26)19-29(33(44)39-23-31(42)43)41-34(45)35-40-22-30(47-35)36(2,3)4/h10-17,20-22,29H,5-9,18-19,23H2,1-4H3,(H,39,44)(H,41,45)(H,42,43)/t29-/m0/s1. The SMILES string of the molecule is CCCCCCCOc1ccc(-c2cnc(-c3ccc(C[C@H](NC(=O)c4ncc(C(C)(C)C)s4)C(=O)NCC(=O)O)cc3)nc2)cc1. The number of nitrogens with zero attached hydrogens (tertiary/aromatic N) is 3. The molecule has 0 aliphatic carbocycles. The number of benzene rings is 2. The predicted molar refractivity (Wildman–Crippen MR) is 184 cm³/mol. The number of amides is 2. The smallest absolute Gasteiger partial charge is 0.322 e. The number of hydrogen-bond acceptors (Lipinski definition) is 8. The molecule has 4 aromatic rings. The monoisotopic (exact) mass is 657 g/mol. The molecule has 2 amide bonds. The Hall–Kier alpha value is -4.64. The number of ether oxygens (including phenoxy) is 1. The van der Waals surface area contributed by atoms with Gasteiger partial charge in [0.1, 0.15) is 18.3 Å². The van der Waals surface area contributed by atoms with Crippen LogP contribution in [0.5, 0.6) is 5.75 Å². The van der Waals surface area contributed by atoms with Gasteiger partial charge < -0.3 is 20.5 Å². The van der Waals surface area contributed by atoms with Crippen LogP contribution in [0.15, 0.2) is 67.1 Å². The van der Waals surface area contributed by atoms with Crippen LogP contribution in [0.2, 0.25) is 0 Å². The molecule has 2 aromatic carbocycles. The third-order valence-corrected chi connectivity index (χ3v) is 8.90. The first-order chi connectivity index (χ1) is 22.5. The van der Waals surface area contributed by atoms with Crippen molar-refractivity contribution in [1.82, 2.24) is 25.6 Å². The van der Waals surface area contributed by atoms with Crippen molar-refractivity contribution in [2.24, 2.45) is 0 Å². The topological polar surface area (TPSA) is 143 Å². The van der Waals surface area contributed by atoms with E-state index in [0.717, 1.165) is 45.9 Å². The van der Waals surface area contributed by atoms with E-state index >= 15 is 0 Å². The molecular weight excluding hydrogens is 614 g/mol. The second-order valence-electron chi connectivity index (χ2n) is 12.4. The van der Waals surface area contributed by atoms with E-state index in [4.69, 9.17) is 9.84 Å². The number of rotatable bonds is 16. The lowest BCUT2D eigenvalue weighted by molar-refractivity contribution is -0.138. The molecule has 0 spiro atoms. The number of thiazole rings is 1. The van der Waals surface area contributed by atoms with Crippen LogP contribution in [0, 0.1) is 0 Å². The van der Waals surface area contributed by atoms with Gasteiger partial charge in [-0.05, 0) is 35.1 Å². The summed E-state index contributed by atoms with van der Waals surface area (Å²) in [5.74, 6) is -0.876. The lowest BCUT2D eigenvalue weighted by Crippen LogP contribution is -2.49. The van der Waals surface area contributed by atoms with Gasteiger partial charge in [0.2, 0.25) is 5.91 Å². The second kappa shape index (κ2) is 16.8. The molecule has 248 valence electrons. The summed E-state index contributed by atoms with van der Waals surface area (Å²) in [6, 6.07) is 14.3. The van der Waals surface area contributed by atoms with E-state index in [1.54, 1.807) is 18.6 Å². The van der Waals surface area contributed by atoms with Gasteiger partial charge in [-0.2, -0.15) is 0 Å². The first-order valence-corrected chi connectivity index (χ1v) is 16.8. The Labute approximate surface area is 280 Å². The maximum atomic E-state index is 13.0. The van der Waals surface area contributed by atoms with Gasteiger partial charge >= 0.3 is 5.97 Å². The zero-order valence-electron chi connectivity index (χ0n) is 27.4. The van der Waals surface area contributed by atoms with Crippen LogP contribution in [0.1, 0.15) is 80.0 Å². The lowest BCUT2D eigenvalue weighted by atomic mass is 9.96. The number of unbranched alkanes of at least 4 members (excludes halogenated alkanes) is 4. The van der Waals surface area contributed by atoms with E-state index in [0.29, 0.717) is 5.82 Å². The number of carboxylic acid groups (broad SMARTS) is 1. The molecule has 0 saturated carbocycles. The quantitative estimate of drug-likeness (QED) is 0.117. The van der Waals surface area contributed by atoms with Gasteiger partial charge in [-0.3, -0.25) is 14.4 Å². The summed E-state index contributed by atoms with van der Waals surface area (Å²) in [6.45, 7) is 8.46. The molecule has 0 saturated heterocycles. The number of carboxylic acids is 1. The molecule has 47 heavy (non-hydrogen) atoms. The summed E-state index contributed by atoms with van der Waals surface area (Å²) >= 11 is 1.26. The fourth-order valence-corrected chi connectivity index (χ4v) is 5.61. The minimum absolute atomic E-state index is 0.146. The van der Waals surface area contributed by atoms with Gasteiger partial charge in [-0.1, -0.05) is 89.8 Å². The molecule has 3 N–H and O–H groups in total. The predicted octanol–water partition coefficient (Wildman–Crippen LogP) is 6.46. The number of aromatic nitrogens is 3. The van der Waals surface area contributed by atoms with Gasteiger partial charge in [-0.15, -0.1) is 11.3 Å². The molecule has 2 heterocycles. The first kappa shape index (κ1) is 35.2. The van der Waals surface area contributed by atoms with Crippen LogP contribution in [-0.2, 0) is 21.4 Å². The first-order valence-electron chi connectivity index (χ1n) is 15.9. The molecule has 11 heteroatoms. The zero-order valence-corrected chi connectivity index (χ0v) is 28.2. The minimum Gasteiger partial charge on any atom is -0.494 e. The van der Waals surface area contributed by atoms with E-state index in [2.05, 4.69) is 32.5 Å². The number of carbonyl (C=O) groups is 3. The maximum Gasteiger partial charge on any atom is 0.322 e. The van der Waals surface area contributed by atoms with Gasteiger partial charge in [0.05, 0.1) is 6.61 Å². The third kappa shape index (κ3) is 10.7. The van der Waals surface area contributed by atoms with Gasteiger partial charge in [0, 0.05) is 41.0 Å². The van der Waals surface area contributed by atoms with Crippen molar-refractivity contribution in [3.05, 3.63) is 82.6 Å². The average Bonchev–Trinajstić information content (AvgIpc) is 3.58. The van der Waals surface area contributed by atoms with Crippen molar-refractivity contribution in [3.8, 4) is 28.3 Å². The summed E-state index contributed by atoms with van der Waals surface area (Å²) < 4.78 is 5.87. The Kier molecular flexibility index (Phi) is 12.6. The molecule has 10 nitrogen and oxygen atoms in total. The molecule has 0 aliphatic heterocycles. The number of nitrogens with one attached hydrogen (secondary N) is 2. The summed E-state index contributed by atoms with van der Waals surface area (Å²) in [4.78, 5) is 51.3. The molecule has 1 atom stereocenters. The Morgan fingerprint density at radius 3 is 2.13 bits per heavy atom. The summed E-state index contributed by atoms with van der Waals surface area (Å²) in [7, 11) is 0. The van der Waals surface area contributed by atoms with E-state index < -0.39 is 30.4 Å². The molecule has 0 aliphatic rings. The van der Waals surface area contributed by atoms with Crippen molar-refractivity contribution in [2.45, 2.75) is 77.7 Å². The summed E-state index contributed by atoms with van der Waals surface area (Å²) in [6.07, 6.45) is 11.4. The number of aliphatic carboxylic acids is 1. The Bertz CT molecular complexity index is 1610. The van der Waals surface area contributed by atoms with Crippen LogP contribution in [0.3, 0.4) is 0 Å². The molecule has 0 bridgehead atoms. The molecule has 0 unspecified atom stereocenters. The Morgan fingerprint density at radius 1 is 0.851 bits per heavy atom. The van der Waals surface area contributed by atoms with Crippen LogP contribution in [0.4, 0.5) is 0 Å². The number of carbonyl (C=O) groups excluding carboxylic acids is 2. The Balaban J connectivity index is 1.38. The van der Waals surface area contributed by atoms with Gasteiger partial charge in [0.25, 0.3) is 5.91 Å². The lowest BCUT2D eigenvalue weighted by Gasteiger charge is -2.18. The highest BCUT2D eigenvalue weighted by atomic mass is 32.1. The fourth-order valence-electron chi connectivity index (χ4n) is 4.73. The van der Waals surface area contributed by atoms with E-state index in [-0.39, 0.29) is 16.8 Å². The third-order valence-electron chi connectivity index (χ3n) is 7.48.